The van der Waals surface area contributed by atoms with E-state index < -0.39 is 0 Å². The van der Waals surface area contributed by atoms with E-state index in [-0.39, 0.29) is 29.7 Å². The minimum atomic E-state index is -0.351. The van der Waals surface area contributed by atoms with Gasteiger partial charge in [-0.05, 0) is 49.4 Å². The van der Waals surface area contributed by atoms with Crippen molar-refractivity contribution in [2.45, 2.75) is 24.6 Å². The molecule has 0 bridgehead atoms. The highest BCUT2D eigenvalue weighted by atomic mass is 32.2. The topological polar surface area (TPSA) is 116 Å². The van der Waals surface area contributed by atoms with Crippen LogP contribution in [0.5, 0.6) is 11.5 Å². The fourth-order valence-electron chi connectivity index (χ4n) is 3.79. The van der Waals surface area contributed by atoms with Gasteiger partial charge in [0.05, 0.1) is 12.0 Å². The molecule has 0 saturated heterocycles. The zero-order valence-corrected chi connectivity index (χ0v) is 18.8. The average Bonchev–Trinajstić information content (AvgIpc) is 3.66. The van der Waals surface area contributed by atoms with Gasteiger partial charge < -0.3 is 22.7 Å². The zero-order valence-electron chi connectivity index (χ0n) is 18.0. The summed E-state index contributed by atoms with van der Waals surface area (Å²) in [4.78, 5) is 13.1. The normalized spacial score (nSPS) is 16.8. The molecule has 3 aromatic heterocycles. The van der Waals surface area contributed by atoms with Gasteiger partial charge in [-0.3, -0.25) is 4.79 Å². The molecule has 10 nitrogen and oxygen atoms in total. The van der Waals surface area contributed by atoms with Crippen LogP contribution >= 0.6 is 11.8 Å². The Morgan fingerprint density at radius 1 is 1.12 bits per heavy atom. The molecule has 1 aromatic carbocycles. The Morgan fingerprint density at radius 3 is 2.85 bits per heavy atom. The van der Waals surface area contributed by atoms with E-state index in [0.717, 1.165) is 17.5 Å². The van der Waals surface area contributed by atoms with Crippen LogP contribution in [-0.2, 0) is 4.79 Å². The molecule has 0 fully saturated rings. The summed E-state index contributed by atoms with van der Waals surface area (Å²) < 4.78 is 27.7. The lowest BCUT2D eigenvalue weighted by Gasteiger charge is -2.19. The molecule has 0 aliphatic carbocycles. The van der Waals surface area contributed by atoms with Gasteiger partial charge in [0.1, 0.15) is 29.0 Å². The second-order valence-corrected chi connectivity index (χ2v) is 8.59. The van der Waals surface area contributed by atoms with Crippen LogP contribution in [0.4, 0.5) is 0 Å². The fraction of sp³-hybridized carbons (Fsp3) is 0.217. The molecular weight excluding hydrogens is 460 g/mol. The molecule has 34 heavy (non-hydrogen) atoms. The first-order valence-corrected chi connectivity index (χ1v) is 11.5. The molecule has 0 N–H and O–H groups in total. The highest BCUT2D eigenvalue weighted by Gasteiger charge is 2.36. The summed E-state index contributed by atoms with van der Waals surface area (Å²) in [5.41, 5.74) is 1.39. The molecule has 172 valence electrons. The van der Waals surface area contributed by atoms with Crippen molar-refractivity contribution in [2.75, 3.05) is 12.5 Å². The van der Waals surface area contributed by atoms with Gasteiger partial charge in [0, 0.05) is 12.0 Å². The quantitative estimate of drug-likeness (QED) is 0.371. The lowest BCUT2D eigenvalue weighted by Crippen LogP contribution is -2.28. The molecule has 1 amide bonds. The molecule has 0 radical (unpaired) electrons. The van der Waals surface area contributed by atoms with Crippen LogP contribution in [0.1, 0.15) is 29.7 Å². The first-order chi connectivity index (χ1) is 16.6. The van der Waals surface area contributed by atoms with Crippen LogP contribution in [0.3, 0.4) is 0 Å². The third-order valence-electron chi connectivity index (χ3n) is 5.41. The number of hydrazone groups is 1. The monoisotopic (exact) mass is 478 g/mol. The van der Waals surface area contributed by atoms with Gasteiger partial charge in [-0.15, -0.1) is 10.2 Å². The van der Waals surface area contributed by atoms with Crippen LogP contribution in [0.25, 0.3) is 11.5 Å². The first-order valence-electron chi connectivity index (χ1n) is 10.5. The minimum Gasteiger partial charge on any atom is -0.467 e. The summed E-state index contributed by atoms with van der Waals surface area (Å²) in [5.74, 6) is 3.55. The van der Waals surface area contributed by atoms with Crippen molar-refractivity contribution in [3.05, 3.63) is 66.0 Å². The number of rotatable bonds is 6. The number of hydrogen-bond acceptors (Lipinski definition) is 10. The number of thioether (sulfide) groups is 1. The van der Waals surface area contributed by atoms with Crippen molar-refractivity contribution in [3.8, 4) is 23.0 Å². The summed E-state index contributed by atoms with van der Waals surface area (Å²) >= 11 is 1.15. The maximum atomic E-state index is 13.1. The van der Waals surface area contributed by atoms with E-state index in [1.165, 1.54) is 5.01 Å². The number of benzene rings is 1. The highest BCUT2D eigenvalue weighted by molar-refractivity contribution is 7.99. The van der Waals surface area contributed by atoms with E-state index in [1.54, 1.807) is 24.5 Å². The molecule has 11 heteroatoms. The summed E-state index contributed by atoms with van der Waals surface area (Å²) in [6.45, 7) is 2.05. The number of carbonyl (C=O) groups excluding carboxylic acids is 1. The van der Waals surface area contributed by atoms with Crippen LogP contribution in [0.15, 0.2) is 72.3 Å². The summed E-state index contributed by atoms with van der Waals surface area (Å²) in [5, 5.41) is 14.4. The molecular formula is C23H18N4O6S. The summed E-state index contributed by atoms with van der Waals surface area (Å²) in [7, 11) is 0. The van der Waals surface area contributed by atoms with E-state index in [0.29, 0.717) is 46.6 Å². The summed E-state index contributed by atoms with van der Waals surface area (Å²) in [6.07, 6.45) is 2.07. The Labute approximate surface area is 197 Å². The largest absolute Gasteiger partial charge is 0.467 e. The molecule has 0 saturated carbocycles. The molecule has 2 aliphatic heterocycles. The van der Waals surface area contributed by atoms with E-state index in [1.807, 2.05) is 31.2 Å². The van der Waals surface area contributed by atoms with E-state index in [2.05, 4.69) is 15.3 Å². The van der Waals surface area contributed by atoms with Crippen LogP contribution in [0, 0.1) is 6.92 Å². The van der Waals surface area contributed by atoms with Crippen molar-refractivity contribution >= 4 is 23.4 Å². The van der Waals surface area contributed by atoms with Crippen LogP contribution < -0.4 is 9.47 Å². The number of ether oxygens (including phenoxy) is 2. The van der Waals surface area contributed by atoms with Crippen molar-refractivity contribution < 1.29 is 27.5 Å². The van der Waals surface area contributed by atoms with Gasteiger partial charge in [0.2, 0.25) is 12.7 Å². The van der Waals surface area contributed by atoms with Gasteiger partial charge in [-0.25, -0.2) is 5.01 Å². The Hall–Kier alpha value is -3.99. The molecule has 2 aliphatic rings. The van der Waals surface area contributed by atoms with Crippen molar-refractivity contribution in [2.24, 2.45) is 5.10 Å². The number of hydrogen-bond donors (Lipinski definition) is 0. The Bertz CT molecular complexity index is 1380. The van der Waals surface area contributed by atoms with E-state index in [4.69, 9.17) is 22.7 Å². The molecule has 0 spiro atoms. The minimum absolute atomic E-state index is 0.0634. The molecule has 5 heterocycles. The molecule has 1 atom stereocenters. The third kappa shape index (κ3) is 3.83. The second kappa shape index (κ2) is 8.41. The Kier molecular flexibility index (Phi) is 5.10. The predicted molar refractivity (Wildman–Crippen MR) is 119 cm³/mol. The number of fused-ring (bicyclic) bond motifs is 1. The highest BCUT2D eigenvalue weighted by Crippen LogP contribution is 2.37. The molecule has 6 rings (SSSR count). The molecule has 0 unspecified atom stereocenters. The van der Waals surface area contributed by atoms with Gasteiger partial charge in [0.15, 0.2) is 11.5 Å². The average molecular weight is 478 g/mol. The number of carbonyl (C=O) groups is 1. The maximum absolute atomic E-state index is 13.1. The SMILES string of the molecule is Cc1ccc(C2=NN(C(=O)CSc3nnc(-c4ccc5c(c4)OCO5)o3)[C@@H](c3ccco3)C2)o1. The van der Waals surface area contributed by atoms with E-state index in [9.17, 15) is 4.79 Å². The molecule has 4 aromatic rings. The number of amides is 1. The van der Waals surface area contributed by atoms with Gasteiger partial charge in [-0.2, -0.15) is 5.10 Å². The number of nitrogens with zero attached hydrogens (tertiary/aromatic N) is 4. The Balaban J connectivity index is 1.17. The van der Waals surface area contributed by atoms with Crippen LogP contribution in [0.2, 0.25) is 0 Å². The van der Waals surface area contributed by atoms with Gasteiger partial charge >= 0.3 is 0 Å². The number of furan rings is 2. The maximum Gasteiger partial charge on any atom is 0.277 e. The van der Waals surface area contributed by atoms with Crippen LogP contribution in [-0.4, -0.2) is 39.4 Å². The summed E-state index contributed by atoms with van der Waals surface area (Å²) in [6, 6.07) is 12.4. The zero-order chi connectivity index (χ0) is 23.1. The van der Waals surface area contributed by atoms with Crippen molar-refractivity contribution in [1.82, 2.24) is 15.2 Å². The smallest absolute Gasteiger partial charge is 0.277 e. The number of aromatic nitrogens is 2. The van der Waals surface area contributed by atoms with Crippen molar-refractivity contribution in [3.63, 3.8) is 0 Å². The fourth-order valence-corrected chi connectivity index (χ4v) is 4.40. The lowest BCUT2D eigenvalue weighted by molar-refractivity contribution is -0.130. The number of aryl methyl sites for hydroxylation is 1. The standard InChI is InChI=1S/C23H18N4O6S/c1-13-4-6-17(32-13)15-10-16(18-3-2-8-29-18)27(26-15)21(28)11-34-23-25-24-22(33-23)14-5-7-19-20(9-14)31-12-30-19/h2-9,16H,10-12H2,1H3/t16-/m1/s1. The van der Waals surface area contributed by atoms with E-state index >= 15 is 0 Å². The van der Waals surface area contributed by atoms with Gasteiger partial charge in [-0.1, -0.05) is 11.8 Å². The first kappa shape index (κ1) is 20.6. The third-order valence-corrected chi connectivity index (χ3v) is 6.21. The second-order valence-electron chi connectivity index (χ2n) is 7.66. The Morgan fingerprint density at radius 2 is 2.03 bits per heavy atom. The van der Waals surface area contributed by atoms with Gasteiger partial charge in [0.25, 0.3) is 11.1 Å². The predicted octanol–water partition coefficient (Wildman–Crippen LogP) is 4.43. The van der Waals surface area contributed by atoms with Crippen molar-refractivity contribution in [1.29, 1.82) is 0 Å². The lowest BCUT2D eigenvalue weighted by atomic mass is 10.1.